The maximum absolute atomic E-state index is 9.71. The number of aliphatic hydroxyl groups excluding tert-OH is 1. The molecule has 0 fully saturated rings. The molecule has 4 nitrogen and oxygen atoms in total. The zero-order valence-electron chi connectivity index (χ0n) is 7.96. The highest BCUT2D eigenvalue weighted by molar-refractivity contribution is 5.70. The number of aromatic hydroxyl groups is 2. The molecule has 2 aromatic rings. The predicted molar refractivity (Wildman–Crippen MR) is 55.4 cm³/mol. The van der Waals surface area contributed by atoms with Gasteiger partial charge in [0.1, 0.15) is 6.73 Å². The van der Waals surface area contributed by atoms with Gasteiger partial charge < -0.3 is 15.3 Å². The molecule has 1 aromatic heterocycles. The molecule has 0 aliphatic heterocycles. The van der Waals surface area contributed by atoms with Crippen molar-refractivity contribution < 1.29 is 15.3 Å². The van der Waals surface area contributed by atoms with E-state index in [0.717, 1.165) is 10.1 Å². The van der Waals surface area contributed by atoms with Gasteiger partial charge in [-0.15, -0.1) is 0 Å². The Labute approximate surface area is 86.7 Å². The van der Waals surface area contributed by atoms with Crippen LogP contribution in [-0.2, 0) is 6.73 Å². The number of rotatable bonds is 2. The summed E-state index contributed by atoms with van der Waals surface area (Å²) in [5.41, 5.74) is 1.29. The summed E-state index contributed by atoms with van der Waals surface area (Å²) in [6.07, 6.45) is 0. The van der Waals surface area contributed by atoms with E-state index in [1.165, 1.54) is 6.07 Å². The highest BCUT2D eigenvalue weighted by Crippen LogP contribution is 2.35. The first-order valence-electron chi connectivity index (χ1n) is 4.51. The molecule has 3 N–H and O–H groups in total. The second-order valence-corrected chi connectivity index (χ2v) is 3.18. The van der Waals surface area contributed by atoms with Crippen molar-refractivity contribution >= 4 is 0 Å². The predicted octanol–water partition coefficient (Wildman–Crippen LogP) is 1.52. The fraction of sp³-hybridized carbons (Fsp3) is 0.0909. The van der Waals surface area contributed by atoms with Crippen LogP contribution in [0.3, 0.4) is 0 Å². The minimum atomic E-state index is -0.454. The molecular formula is C11H11NO3. The Kier molecular flexibility index (Phi) is 2.35. The van der Waals surface area contributed by atoms with Crippen LogP contribution < -0.4 is 0 Å². The van der Waals surface area contributed by atoms with Crippen LogP contribution in [0.15, 0.2) is 36.4 Å². The monoisotopic (exact) mass is 205 g/mol. The van der Waals surface area contributed by atoms with Crippen LogP contribution in [0.5, 0.6) is 11.8 Å². The van der Waals surface area contributed by atoms with E-state index >= 15 is 0 Å². The van der Waals surface area contributed by atoms with E-state index in [9.17, 15) is 10.2 Å². The molecule has 0 atom stereocenters. The van der Waals surface area contributed by atoms with Gasteiger partial charge in [0, 0.05) is 11.6 Å². The lowest BCUT2D eigenvalue weighted by atomic mass is 10.1. The fourth-order valence-electron chi connectivity index (χ4n) is 1.50. The summed E-state index contributed by atoms with van der Waals surface area (Å²) in [6, 6.07) is 10.6. The number of hydrogen-bond donors (Lipinski definition) is 3. The Balaban J connectivity index is 2.55. The van der Waals surface area contributed by atoms with Crippen LogP contribution in [0.1, 0.15) is 0 Å². The lowest BCUT2D eigenvalue weighted by Gasteiger charge is -2.02. The normalized spacial score (nSPS) is 10.5. The maximum atomic E-state index is 9.71. The van der Waals surface area contributed by atoms with Crippen LogP contribution in [0.25, 0.3) is 11.1 Å². The summed E-state index contributed by atoms with van der Waals surface area (Å²) < 4.78 is 1.02. The Bertz CT molecular complexity index is 462. The van der Waals surface area contributed by atoms with Crippen molar-refractivity contribution in [1.29, 1.82) is 0 Å². The molecule has 1 heterocycles. The van der Waals surface area contributed by atoms with E-state index in [1.54, 1.807) is 0 Å². The van der Waals surface area contributed by atoms with Gasteiger partial charge in [0.25, 0.3) is 0 Å². The molecule has 0 unspecified atom stereocenters. The van der Waals surface area contributed by atoms with Crippen LogP contribution in [-0.4, -0.2) is 19.9 Å². The molecule has 0 saturated carbocycles. The van der Waals surface area contributed by atoms with Gasteiger partial charge in [-0.1, -0.05) is 30.3 Å². The van der Waals surface area contributed by atoms with Gasteiger partial charge in [-0.05, 0) is 5.56 Å². The van der Waals surface area contributed by atoms with Crippen LogP contribution in [0.4, 0.5) is 0 Å². The first-order chi connectivity index (χ1) is 7.24. The average molecular weight is 205 g/mol. The van der Waals surface area contributed by atoms with Gasteiger partial charge in [-0.25, -0.2) is 0 Å². The number of hydrogen-bond acceptors (Lipinski definition) is 3. The smallest absolute Gasteiger partial charge is 0.203 e. The van der Waals surface area contributed by atoms with Crippen molar-refractivity contribution in [2.75, 3.05) is 0 Å². The highest BCUT2D eigenvalue weighted by Gasteiger charge is 2.13. The molecule has 0 spiro atoms. The number of aromatic nitrogens is 1. The molecule has 1 aromatic carbocycles. The summed E-state index contributed by atoms with van der Waals surface area (Å²) in [7, 11) is 0. The lowest BCUT2D eigenvalue weighted by Crippen LogP contribution is -1.94. The molecular weight excluding hydrogens is 194 g/mol. The minimum absolute atomic E-state index is 0.138. The molecule has 0 radical (unpaired) electrons. The number of nitrogens with zero attached hydrogens (tertiary/aromatic N) is 1. The van der Waals surface area contributed by atoms with E-state index in [0.29, 0.717) is 5.56 Å². The van der Waals surface area contributed by atoms with Gasteiger partial charge in [-0.2, -0.15) is 0 Å². The molecule has 15 heavy (non-hydrogen) atoms. The SMILES string of the molecule is OCn1c(O)cc(-c2ccccc2)c1O. The molecule has 0 aliphatic carbocycles. The first-order valence-corrected chi connectivity index (χ1v) is 4.51. The van der Waals surface area contributed by atoms with Crippen molar-refractivity contribution in [1.82, 2.24) is 4.57 Å². The van der Waals surface area contributed by atoms with Crippen molar-refractivity contribution in [2.24, 2.45) is 0 Å². The molecule has 4 heteroatoms. The standard InChI is InChI=1S/C11H11NO3/c13-7-12-10(14)6-9(11(12)15)8-4-2-1-3-5-8/h1-6,13-15H,7H2. The molecule has 0 amide bonds. The quantitative estimate of drug-likeness (QED) is 0.696. The summed E-state index contributed by atoms with van der Waals surface area (Å²) in [6.45, 7) is -0.454. The van der Waals surface area contributed by atoms with E-state index < -0.39 is 6.73 Å². The number of benzene rings is 1. The Morgan fingerprint density at radius 3 is 2.27 bits per heavy atom. The van der Waals surface area contributed by atoms with E-state index in [4.69, 9.17) is 5.11 Å². The van der Waals surface area contributed by atoms with Crippen LogP contribution >= 0.6 is 0 Å². The third-order valence-corrected chi connectivity index (χ3v) is 2.27. The second-order valence-electron chi connectivity index (χ2n) is 3.18. The van der Waals surface area contributed by atoms with Gasteiger partial charge in [-0.3, -0.25) is 4.57 Å². The molecule has 2 rings (SSSR count). The highest BCUT2D eigenvalue weighted by atomic mass is 16.3. The van der Waals surface area contributed by atoms with Gasteiger partial charge in [0.05, 0.1) is 0 Å². The van der Waals surface area contributed by atoms with Crippen molar-refractivity contribution in [3.63, 3.8) is 0 Å². The fourth-order valence-corrected chi connectivity index (χ4v) is 1.50. The molecule has 78 valence electrons. The minimum Gasteiger partial charge on any atom is -0.494 e. The van der Waals surface area contributed by atoms with Crippen molar-refractivity contribution in [3.8, 4) is 22.9 Å². The van der Waals surface area contributed by atoms with Gasteiger partial charge >= 0.3 is 0 Å². The largest absolute Gasteiger partial charge is 0.494 e. The van der Waals surface area contributed by atoms with Crippen molar-refractivity contribution in [2.45, 2.75) is 6.73 Å². The Hall–Kier alpha value is -1.94. The number of aliphatic hydroxyl groups is 1. The van der Waals surface area contributed by atoms with Crippen LogP contribution in [0, 0.1) is 0 Å². The zero-order chi connectivity index (χ0) is 10.8. The summed E-state index contributed by atoms with van der Waals surface area (Å²) in [5.74, 6) is -0.296. The maximum Gasteiger partial charge on any atom is 0.203 e. The first kappa shape index (κ1) is 9.61. The van der Waals surface area contributed by atoms with E-state index in [-0.39, 0.29) is 11.8 Å². The van der Waals surface area contributed by atoms with E-state index in [1.807, 2.05) is 30.3 Å². The zero-order valence-corrected chi connectivity index (χ0v) is 7.96. The third kappa shape index (κ3) is 1.55. The summed E-state index contributed by atoms with van der Waals surface area (Å²) in [5, 5.41) is 28.0. The van der Waals surface area contributed by atoms with E-state index in [2.05, 4.69) is 0 Å². The van der Waals surface area contributed by atoms with Gasteiger partial charge in [0.15, 0.2) is 5.88 Å². The Morgan fingerprint density at radius 1 is 1.07 bits per heavy atom. The second kappa shape index (κ2) is 3.67. The summed E-state index contributed by atoms with van der Waals surface area (Å²) >= 11 is 0. The topological polar surface area (TPSA) is 65.6 Å². The Morgan fingerprint density at radius 2 is 1.73 bits per heavy atom. The van der Waals surface area contributed by atoms with Crippen LogP contribution in [0.2, 0.25) is 0 Å². The van der Waals surface area contributed by atoms with Gasteiger partial charge in [0.2, 0.25) is 5.88 Å². The van der Waals surface area contributed by atoms with Crippen molar-refractivity contribution in [3.05, 3.63) is 36.4 Å². The molecule has 0 bridgehead atoms. The molecule has 0 aliphatic rings. The lowest BCUT2D eigenvalue weighted by molar-refractivity contribution is 0.183. The third-order valence-electron chi connectivity index (χ3n) is 2.27. The average Bonchev–Trinajstić information content (AvgIpc) is 2.55. The summed E-state index contributed by atoms with van der Waals surface area (Å²) in [4.78, 5) is 0. The molecule has 0 saturated heterocycles.